The van der Waals surface area contributed by atoms with Gasteiger partial charge in [0, 0.05) is 32.7 Å². The molecule has 12 rings (SSSR count). The van der Waals surface area contributed by atoms with Crippen molar-refractivity contribution in [3.8, 4) is 34.4 Å². The summed E-state index contributed by atoms with van der Waals surface area (Å²) in [5.41, 5.74) is -2.40. The van der Waals surface area contributed by atoms with Crippen LogP contribution >= 0.6 is 0 Å². The fourth-order valence-corrected chi connectivity index (χ4v) is 11.3. The zero-order valence-corrected chi connectivity index (χ0v) is 32.9. The minimum atomic E-state index is -6.42. The minimum Gasteiger partial charge on any atom is -0.307 e. The molecule has 63 heavy (non-hydrogen) atoms. The lowest BCUT2D eigenvalue weighted by Crippen LogP contribution is -2.74. The highest BCUT2D eigenvalue weighted by atomic mass is 28.3. The number of nitrogens with zero attached hydrogens (tertiary/aromatic N) is 5. The number of aromatic nitrogens is 5. The van der Waals surface area contributed by atoms with Gasteiger partial charge in [0.15, 0.2) is 19.7 Å². The molecule has 0 radical (unpaired) electrons. The van der Waals surface area contributed by atoms with Crippen molar-refractivity contribution in [2.45, 2.75) is 0 Å². The van der Waals surface area contributed by atoms with E-state index in [1.807, 2.05) is 0 Å². The van der Waals surface area contributed by atoms with E-state index in [-0.39, 0.29) is 5.69 Å². The second kappa shape index (κ2) is 15.1. The lowest BCUT2D eigenvalue weighted by atomic mass is 10.1. The van der Waals surface area contributed by atoms with Gasteiger partial charge < -0.3 is 4.57 Å². The lowest BCUT2D eigenvalue weighted by Gasteiger charge is -2.34. The van der Waals surface area contributed by atoms with Crippen molar-refractivity contribution in [3.05, 3.63) is 236 Å². The van der Waals surface area contributed by atoms with Crippen molar-refractivity contribution in [2.75, 3.05) is 0 Å². The van der Waals surface area contributed by atoms with Gasteiger partial charge in [-0.15, -0.1) is 0 Å². The van der Waals surface area contributed by atoms with Crippen molar-refractivity contribution >= 4 is 72.4 Å². The van der Waals surface area contributed by atoms with E-state index < -0.39 is 267 Å². The van der Waals surface area contributed by atoms with Crippen molar-refractivity contribution in [3.63, 3.8) is 0 Å². The Labute approximate surface area is 409 Å². The second-order valence-electron chi connectivity index (χ2n) is 13.7. The van der Waals surface area contributed by atoms with Gasteiger partial charge >= 0.3 is 0 Å². The molecule has 0 saturated carbocycles. The van der Waals surface area contributed by atoms with Crippen molar-refractivity contribution in [1.29, 1.82) is 0 Å². The lowest BCUT2D eigenvalue weighted by molar-refractivity contribution is 0.950. The molecule has 3 aromatic heterocycles. The van der Waals surface area contributed by atoms with Gasteiger partial charge in [-0.1, -0.05) is 212 Å². The molecule has 0 atom stereocenters. The summed E-state index contributed by atoms with van der Waals surface area (Å²) in [4.78, 5) is 13.7. The van der Waals surface area contributed by atoms with Gasteiger partial charge in [-0.05, 0) is 45.0 Å². The van der Waals surface area contributed by atoms with E-state index in [2.05, 4.69) is 15.0 Å². The predicted octanol–water partition coefficient (Wildman–Crippen LogP) is 10.8. The van der Waals surface area contributed by atoms with Gasteiger partial charge in [-0.3, -0.25) is 4.57 Å². The zero-order valence-electron chi connectivity index (χ0n) is 62.9. The maximum atomic E-state index is 10.2. The number of rotatable bonds is 8. The Balaban J connectivity index is 1.34. The number of fused-ring (bicyclic) bond motifs is 6. The molecule has 296 valence electrons. The van der Waals surface area contributed by atoms with E-state index in [1.54, 1.807) is 48.5 Å². The summed E-state index contributed by atoms with van der Waals surface area (Å²) in [7, 11) is -6.42. The number of para-hydroxylation sites is 4. The van der Waals surface area contributed by atoms with Crippen LogP contribution in [0.15, 0.2) is 236 Å². The number of hydrogen-bond acceptors (Lipinski definition) is 3. The SMILES string of the molecule is [2H]c1c([2H])c([2H])c(-c2nc(-c3c([2H])c([2H])c([Si](c4c([2H])c([2H])c([2H])c([2H])c4[2H])(c4c([2H])c([2H])c([2H])c([2H])c4[2H])c4c([2H])c([2H])c([2H])c([2H])c4[2H])c([2H])c3[2H])nc(-n3c4c([2H])c([2H])c([2H])c([2H])c4c4c([2H])c([2H])c([2H])c(-n5c6ccccc6c6ccccc65)c43)n2)c([2H])c1[2H]. The quantitative estimate of drug-likeness (QED) is 0.113. The third-order valence-electron chi connectivity index (χ3n) is 10.4. The molecule has 0 spiro atoms. The molecule has 0 bridgehead atoms. The Kier molecular flexibility index (Phi) is 4.05. The maximum absolute atomic E-state index is 10.2. The van der Waals surface area contributed by atoms with E-state index in [9.17, 15) is 20.6 Å². The van der Waals surface area contributed by atoms with Crippen LogP contribution in [0, 0.1) is 0 Å². The molecule has 5 nitrogen and oxygen atoms in total. The van der Waals surface area contributed by atoms with Gasteiger partial charge in [-0.2, -0.15) is 9.97 Å². The molecule has 0 fully saturated rings. The molecule has 0 aliphatic heterocycles. The van der Waals surface area contributed by atoms with Crippen molar-refractivity contribution in [2.24, 2.45) is 0 Å². The van der Waals surface area contributed by atoms with Crippen LogP contribution in [0.25, 0.3) is 78.0 Å². The van der Waals surface area contributed by atoms with Gasteiger partial charge in [-0.25, -0.2) is 4.98 Å². The van der Waals surface area contributed by atoms with Gasteiger partial charge in [0.25, 0.3) is 0 Å². The number of benzene rings is 9. The number of hydrogen-bond donors (Lipinski definition) is 0. The second-order valence-corrected chi connectivity index (χ2v) is 17.2. The molecule has 0 aliphatic rings. The molecule has 0 saturated heterocycles. The molecule has 0 unspecified atom stereocenters. The third-order valence-corrected chi connectivity index (χ3v) is 14.4. The molecular formula is C57H39N5Si. The van der Waals surface area contributed by atoms with Crippen LogP contribution in [-0.2, 0) is 0 Å². The summed E-state index contributed by atoms with van der Waals surface area (Å²) in [5, 5.41) is -4.41. The highest BCUT2D eigenvalue weighted by Crippen LogP contribution is 2.39. The molecule has 0 aliphatic carbocycles. The fraction of sp³-hybridized carbons (Fsp3) is 0. The van der Waals surface area contributed by atoms with Crippen molar-refractivity contribution in [1.82, 2.24) is 24.1 Å². The summed E-state index contributed by atoms with van der Waals surface area (Å²) >= 11 is 0. The average Bonchev–Trinajstić information content (AvgIpc) is 0.855. The first-order valence-corrected chi connectivity index (χ1v) is 20.8. The first-order valence-electron chi connectivity index (χ1n) is 34.3. The first kappa shape index (κ1) is 16.9. The van der Waals surface area contributed by atoms with Crippen LogP contribution < -0.4 is 20.7 Å². The Bertz CT molecular complexity index is 5130. The standard InChI is InChI=1S/C57H39N5Si/c1-5-20-40(21-6-1)55-58-56(41-36-38-45(39-37-41)63(42-22-7-2-8-23-42,43-24-9-3-10-25-43)44-26-11-4-12-27-44)60-57(59-55)62-52-34-18-15-30-48(52)49-31-19-35-53(54(49)62)61-50-32-16-13-28-46(50)47-29-14-17-33-51(47)61/h1-39H/i1D,2D,3D,4D,5D,6D,7D,8D,9D,10D,11D,12D,15D,18D,19D,20D,21D,22D,23D,24D,25D,26D,27D,30D,31D,34D,35D,36D,37D,38D,39D. The third kappa shape index (κ3) is 5.87. The van der Waals surface area contributed by atoms with E-state index in [0.717, 1.165) is 4.57 Å². The summed E-state index contributed by atoms with van der Waals surface area (Å²) in [6.07, 6.45) is 0. The largest absolute Gasteiger partial charge is 0.307 e. The fourth-order valence-electron chi connectivity index (χ4n) is 7.80. The van der Waals surface area contributed by atoms with Crippen LogP contribution in [0.4, 0.5) is 0 Å². The van der Waals surface area contributed by atoms with Crippen molar-refractivity contribution < 1.29 is 42.5 Å². The van der Waals surface area contributed by atoms with Crippen LogP contribution in [-0.4, -0.2) is 32.2 Å². The normalized spacial score (nSPS) is 18.7. The van der Waals surface area contributed by atoms with Gasteiger partial charge in [0.2, 0.25) is 5.95 Å². The molecule has 0 amide bonds. The first-order chi connectivity index (χ1) is 44.1. The minimum absolute atomic E-state index is 0.282. The van der Waals surface area contributed by atoms with E-state index in [0.29, 0.717) is 21.8 Å². The summed E-state index contributed by atoms with van der Waals surface area (Å²) in [6, 6.07) is -20.6. The molecule has 0 N–H and O–H groups in total. The van der Waals surface area contributed by atoms with Gasteiger partial charge in [0.05, 0.1) is 70.2 Å². The van der Waals surface area contributed by atoms with E-state index in [1.165, 1.54) is 4.57 Å². The zero-order chi connectivity index (χ0) is 68.7. The highest BCUT2D eigenvalue weighted by molar-refractivity contribution is 7.19. The molecule has 6 heteroatoms. The van der Waals surface area contributed by atoms with E-state index >= 15 is 0 Å². The Morgan fingerprint density at radius 2 is 0.810 bits per heavy atom. The van der Waals surface area contributed by atoms with Crippen LogP contribution in [0.2, 0.25) is 0 Å². The Hall–Kier alpha value is -8.19. The smallest absolute Gasteiger partial charge is 0.238 e. The topological polar surface area (TPSA) is 48.5 Å². The maximum Gasteiger partial charge on any atom is 0.238 e. The average molecular weight is 853 g/mol. The Morgan fingerprint density at radius 1 is 0.349 bits per heavy atom. The monoisotopic (exact) mass is 852 g/mol. The van der Waals surface area contributed by atoms with Gasteiger partial charge in [0.1, 0.15) is 0 Å². The van der Waals surface area contributed by atoms with Crippen LogP contribution in [0.3, 0.4) is 0 Å². The summed E-state index contributed by atoms with van der Waals surface area (Å²) in [6.45, 7) is 0. The predicted molar refractivity (Wildman–Crippen MR) is 263 cm³/mol. The molecule has 12 aromatic rings. The summed E-state index contributed by atoms with van der Waals surface area (Å²) < 4.78 is 289. The Morgan fingerprint density at radius 3 is 1.38 bits per heavy atom. The van der Waals surface area contributed by atoms with Crippen LogP contribution in [0.5, 0.6) is 0 Å². The molecule has 9 aromatic carbocycles. The molecular weight excluding hydrogens is 783 g/mol. The van der Waals surface area contributed by atoms with Crippen LogP contribution in [0.1, 0.15) is 42.5 Å². The summed E-state index contributed by atoms with van der Waals surface area (Å²) in [5.74, 6) is -2.90. The highest BCUT2D eigenvalue weighted by Gasteiger charge is 2.41. The van der Waals surface area contributed by atoms with E-state index in [4.69, 9.17) is 21.9 Å². The molecule has 3 heterocycles.